The van der Waals surface area contributed by atoms with Gasteiger partial charge in [-0.3, -0.25) is 4.79 Å². The van der Waals surface area contributed by atoms with E-state index >= 15 is 0 Å². The first kappa shape index (κ1) is 16.3. The molecule has 2 aliphatic rings. The van der Waals surface area contributed by atoms with Crippen LogP contribution in [-0.4, -0.2) is 48.9 Å². The summed E-state index contributed by atoms with van der Waals surface area (Å²) in [4.78, 5) is 16.9. The van der Waals surface area contributed by atoms with Gasteiger partial charge in [0.1, 0.15) is 0 Å². The van der Waals surface area contributed by atoms with Crippen LogP contribution in [-0.2, 0) is 13.1 Å². The number of fused-ring (bicyclic) bond motifs is 1. The lowest BCUT2D eigenvalue weighted by Crippen LogP contribution is -2.44. The van der Waals surface area contributed by atoms with Crippen molar-refractivity contribution in [1.82, 2.24) is 15.1 Å². The molecule has 1 aromatic rings. The van der Waals surface area contributed by atoms with Gasteiger partial charge in [0.05, 0.1) is 0 Å². The van der Waals surface area contributed by atoms with Gasteiger partial charge in [-0.25, -0.2) is 0 Å². The van der Waals surface area contributed by atoms with Crippen molar-refractivity contribution in [2.75, 3.05) is 27.2 Å². The molecule has 3 rings (SSSR count). The molecule has 21 heavy (non-hydrogen) atoms. The first-order valence-corrected chi connectivity index (χ1v) is 7.43. The predicted octanol–water partition coefficient (Wildman–Crippen LogP) is 1.88. The third-order valence-corrected chi connectivity index (χ3v) is 4.64. The van der Waals surface area contributed by atoms with Crippen molar-refractivity contribution in [3.05, 3.63) is 34.9 Å². The van der Waals surface area contributed by atoms with Crippen LogP contribution in [0, 0.1) is 0 Å². The van der Waals surface area contributed by atoms with Crippen LogP contribution in [0.3, 0.4) is 0 Å². The largest absolute Gasteiger partial charge is 0.339 e. The van der Waals surface area contributed by atoms with E-state index in [9.17, 15) is 4.79 Å². The Bertz CT molecular complexity index is 512. The number of hydrogen-bond donors (Lipinski definition) is 1. The Hall–Kier alpha value is -1.10. The number of halogens is 1. The highest BCUT2D eigenvalue weighted by atomic mass is 35.5. The molecule has 4 nitrogen and oxygen atoms in total. The average Bonchev–Trinajstić information content (AvgIpc) is 2.94. The zero-order valence-corrected chi connectivity index (χ0v) is 13.6. The summed E-state index contributed by atoms with van der Waals surface area (Å²) in [5.74, 6) is 0.161. The second-order valence-corrected chi connectivity index (χ2v) is 6.04. The van der Waals surface area contributed by atoms with Crippen LogP contribution >= 0.6 is 12.4 Å². The Balaban J connectivity index is 0.00000161. The number of rotatable bonds is 2. The summed E-state index contributed by atoms with van der Waals surface area (Å²) in [7, 11) is 4.09. The van der Waals surface area contributed by atoms with Gasteiger partial charge in [-0.1, -0.05) is 6.07 Å². The van der Waals surface area contributed by atoms with Gasteiger partial charge in [-0.2, -0.15) is 0 Å². The van der Waals surface area contributed by atoms with Crippen molar-refractivity contribution in [2.24, 2.45) is 0 Å². The van der Waals surface area contributed by atoms with Crippen LogP contribution in [0.15, 0.2) is 18.2 Å². The number of carbonyl (C=O) groups is 1. The van der Waals surface area contributed by atoms with Crippen molar-refractivity contribution >= 4 is 18.3 Å². The number of hydrogen-bond acceptors (Lipinski definition) is 3. The summed E-state index contributed by atoms with van der Waals surface area (Å²) in [6.45, 7) is 3.97. The minimum Gasteiger partial charge on any atom is -0.339 e. The van der Waals surface area contributed by atoms with Crippen molar-refractivity contribution < 1.29 is 4.79 Å². The van der Waals surface area contributed by atoms with Crippen LogP contribution in [0.4, 0.5) is 0 Å². The maximum absolute atomic E-state index is 12.6. The molecule has 1 N–H and O–H groups in total. The number of likely N-dealkylation sites (tertiary alicyclic amines) is 1. The van der Waals surface area contributed by atoms with Crippen LogP contribution in [0.1, 0.15) is 34.3 Å². The smallest absolute Gasteiger partial charge is 0.253 e. The molecule has 1 aromatic carbocycles. The van der Waals surface area contributed by atoms with Gasteiger partial charge in [0, 0.05) is 31.7 Å². The Morgan fingerprint density at radius 2 is 1.90 bits per heavy atom. The molecule has 0 aliphatic carbocycles. The third-order valence-electron chi connectivity index (χ3n) is 4.64. The molecule has 0 spiro atoms. The van der Waals surface area contributed by atoms with Gasteiger partial charge in [0.15, 0.2) is 0 Å². The standard InChI is InChI=1S/C16H23N3O.ClH/c1-18-7-5-15(6-8-18)19(2)16(20)12-3-4-13-10-17-11-14(13)9-12;/h3-4,9,15,17H,5-8,10-11H2,1-2H3;1H. The fraction of sp³-hybridized carbons (Fsp3) is 0.562. The summed E-state index contributed by atoms with van der Waals surface area (Å²) < 4.78 is 0. The topological polar surface area (TPSA) is 35.6 Å². The van der Waals surface area contributed by atoms with Gasteiger partial charge in [-0.15, -0.1) is 12.4 Å². The number of carbonyl (C=O) groups excluding carboxylic acids is 1. The summed E-state index contributed by atoms with van der Waals surface area (Å²) in [5, 5.41) is 3.32. The van der Waals surface area contributed by atoms with E-state index in [4.69, 9.17) is 0 Å². The molecule has 0 unspecified atom stereocenters. The highest BCUT2D eigenvalue weighted by Gasteiger charge is 2.25. The van der Waals surface area contributed by atoms with E-state index in [1.165, 1.54) is 11.1 Å². The van der Waals surface area contributed by atoms with Crippen LogP contribution < -0.4 is 5.32 Å². The molecule has 1 fully saturated rings. The second-order valence-electron chi connectivity index (χ2n) is 6.04. The Kier molecular flexibility index (Phi) is 5.25. The first-order valence-electron chi connectivity index (χ1n) is 7.43. The Morgan fingerprint density at radius 3 is 2.62 bits per heavy atom. The van der Waals surface area contributed by atoms with Crippen molar-refractivity contribution in [1.29, 1.82) is 0 Å². The molecule has 0 atom stereocenters. The van der Waals surface area contributed by atoms with Gasteiger partial charge in [0.25, 0.3) is 5.91 Å². The quantitative estimate of drug-likeness (QED) is 0.906. The van der Waals surface area contributed by atoms with E-state index in [2.05, 4.69) is 29.4 Å². The maximum Gasteiger partial charge on any atom is 0.253 e. The molecule has 1 saturated heterocycles. The molecule has 2 aliphatic heterocycles. The lowest BCUT2D eigenvalue weighted by atomic mass is 10.0. The van der Waals surface area contributed by atoms with Gasteiger partial charge < -0.3 is 15.1 Å². The Labute approximate surface area is 132 Å². The summed E-state index contributed by atoms with van der Waals surface area (Å²) in [6, 6.07) is 6.50. The van der Waals surface area contributed by atoms with E-state index < -0.39 is 0 Å². The molecule has 0 bridgehead atoms. The summed E-state index contributed by atoms with van der Waals surface area (Å²) in [5.41, 5.74) is 3.42. The third kappa shape index (κ3) is 3.39. The normalized spacial score (nSPS) is 19.0. The maximum atomic E-state index is 12.6. The summed E-state index contributed by atoms with van der Waals surface area (Å²) in [6.07, 6.45) is 2.15. The van der Waals surface area contributed by atoms with Crippen LogP contribution in [0.25, 0.3) is 0 Å². The molecule has 0 radical (unpaired) electrons. The number of piperidine rings is 1. The SMILES string of the molecule is CN1CCC(N(C)C(=O)c2ccc3c(c2)CNC3)CC1.Cl. The minimum absolute atomic E-state index is 0. The lowest BCUT2D eigenvalue weighted by Gasteiger charge is -2.35. The zero-order valence-electron chi connectivity index (χ0n) is 12.8. The first-order chi connectivity index (χ1) is 9.65. The van der Waals surface area contributed by atoms with Crippen molar-refractivity contribution in [3.8, 4) is 0 Å². The number of benzene rings is 1. The molecule has 0 aromatic heterocycles. The molecule has 116 valence electrons. The van der Waals surface area contributed by atoms with Crippen LogP contribution in [0.5, 0.6) is 0 Å². The predicted molar refractivity (Wildman–Crippen MR) is 86.8 cm³/mol. The fourth-order valence-corrected chi connectivity index (χ4v) is 3.18. The molecule has 2 heterocycles. The number of nitrogens with zero attached hydrogens (tertiary/aromatic N) is 2. The zero-order chi connectivity index (χ0) is 14.1. The molecular formula is C16H24ClN3O. The monoisotopic (exact) mass is 309 g/mol. The lowest BCUT2D eigenvalue weighted by molar-refractivity contribution is 0.0659. The summed E-state index contributed by atoms with van der Waals surface area (Å²) >= 11 is 0. The highest BCUT2D eigenvalue weighted by Crippen LogP contribution is 2.20. The number of amides is 1. The molecule has 1 amide bonds. The van der Waals surface area contributed by atoms with Gasteiger partial charge >= 0.3 is 0 Å². The molecule has 0 saturated carbocycles. The van der Waals surface area contributed by atoms with E-state index in [0.717, 1.165) is 44.6 Å². The minimum atomic E-state index is 0. The fourth-order valence-electron chi connectivity index (χ4n) is 3.18. The van der Waals surface area contributed by atoms with Crippen molar-refractivity contribution in [3.63, 3.8) is 0 Å². The van der Waals surface area contributed by atoms with Gasteiger partial charge in [-0.05, 0) is 56.2 Å². The number of nitrogens with one attached hydrogen (secondary N) is 1. The van der Waals surface area contributed by atoms with Crippen molar-refractivity contribution in [2.45, 2.75) is 32.0 Å². The Morgan fingerprint density at radius 1 is 1.24 bits per heavy atom. The van der Waals surface area contributed by atoms with E-state index in [0.29, 0.717) is 6.04 Å². The van der Waals surface area contributed by atoms with Crippen LogP contribution in [0.2, 0.25) is 0 Å². The molecule has 5 heteroatoms. The average molecular weight is 310 g/mol. The van der Waals surface area contributed by atoms with E-state index in [1.807, 2.05) is 18.0 Å². The van der Waals surface area contributed by atoms with Gasteiger partial charge in [0.2, 0.25) is 0 Å². The molecular weight excluding hydrogens is 286 g/mol. The second kappa shape index (κ2) is 6.77. The van der Waals surface area contributed by atoms with E-state index in [-0.39, 0.29) is 18.3 Å². The highest BCUT2D eigenvalue weighted by molar-refractivity contribution is 5.94. The van der Waals surface area contributed by atoms with E-state index in [1.54, 1.807) is 0 Å².